The number of hydrogen-bond donors (Lipinski definition) is 2. The van der Waals surface area contributed by atoms with E-state index in [9.17, 15) is 9.90 Å². The number of β-amino-alcohol motifs (C(OH)–C–C–N with tert-alkyl or cyclic N) is 1. The maximum atomic E-state index is 12.6. The van der Waals surface area contributed by atoms with Crippen LogP contribution in [0.25, 0.3) is 0 Å². The molecule has 5 rings (SSSR count). The SMILES string of the molecule is O=C(Nc1ccc2c(c1)CCC2)c1coc(CN2CCN(C[C@@H](O)CN3CCOCC3)CC2)n1. The molecule has 1 aromatic carbocycles. The Labute approximate surface area is 200 Å². The first kappa shape index (κ1) is 23.4. The Morgan fingerprint density at radius 1 is 1.00 bits per heavy atom. The summed E-state index contributed by atoms with van der Waals surface area (Å²) in [5.74, 6) is 0.312. The predicted molar refractivity (Wildman–Crippen MR) is 128 cm³/mol. The average molecular weight is 470 g/mol. The van der Waals surface area contributed by atoms with Crippen molar-refractivity contribution in [2.45, 2.75) is 31.9 Å². The zero-order chi connectivity index (χ0) is 23.3. The summed E-state index contributed by atoms with van der Waals surface area (Å²) in [6.45, 7) is 8.82. The molecular formula is C25H35N5O4. The number of benzene rings is 1. The second-order valence-electron chi connectivity index (χ2n) is 9.56. The number of nitrogens with one attached hydrogen (secondary N) is 1. The zero-order valence-corrected chi connectivity index (χ0v) is 19.7. The number of amides is 1. The van der Waals surface area contributed by atoms with E-state index in [1.54, 1.807) is 0 Å². The Bertz CT molecular complexity index is 966. The zero-order valence-electron chi connectivity index (χ0n) is 19.7. The molecule has 2 aromatic rings. The lowest BCUT2D eigenvalue weighted by Gasteiger charge is -2.36. The number of ether oxygens (including phenoxy) is 1. The number of aryl methyl sites for hydroxylation is 2. The Balaban J connectivity index is 1.05. The number of piperazine rings is 1. The molecule has 2 fully saturated rings. The van der Waals surface area contributed by atoms with Gasteiger partial charge in [-0.2, -0.15) is 0 Å². The number of hydrogen-bond acceptors (Lipinski definition) is 8. The molecule has 1 aliphatic carbocycles. The van der Waals surface area contributed by atoms with Gasteiger partial charge in [-0.15, -0.1) is 0 Å². The van der Waals surface area contributed by atoms with Gasteiger partial charge in [0, 0.05) is 58.0 Å². The van der Waals surface area contributed by atoms with Crippen LogP contribution in [0.5, 0.6) is 0 Å². The van der Waals surface area contributed by atoms with Crippen LogP contribution in [0.3, 0.4) is 0 Å². The van der Waals surface area contributed by atoms with Crippen LogP contribution in [-0.4, -0.2) is 102 Å². The molecule has 0 unspecified atom stereocenters. The van der Waals surface area contributed by atoms with Crippen molar-refractivity contribution in [1.29, 1.82) is 0 Å². The van der Waals surface area contributed by atoms with Gasteiger partial charge in [-0.05, 0) is 42.5 Å². The lowest BCUT2D eigenvalue weighted by Crippen LogP contribution is -2.50. The number of rotatable bonds is 8. The molecule has 2 aliphatic heterocycles. The normalized spacial score (nSPS) is 20.9. The van der Waals surface area contributed by atoms with Crippen molar-refractivity contribution in [3.05, 3.63) is 47.2 Å². The number of morpholine rings is 1. The molecule has 34 heavy (non-hydrogen) atoms. The van der Waals surface area contributed by atoms with Crippen LogP contribution in [0.2, 0.25) is 0 Å². The molecule has 2 N–H and O–H groups in total. The van der Waals surface area contributed by atoms with Crippen LogP contribution in [0.1, 0.15) is 33.9 Å². The summed E-state index contributed by atoms with van der Waals surface area (Å²) < 4.78 is 11.0. The van der Waals surface area contributed by atoms with E-state index in [-0.39, 0.29) is 12.0 Å². The van der Waals surface area contributed by atoms with Gasteiger partial charge < -0.3 is 19.6 Å². The Kier molecular flexibility index (Phi) is 7.56. The topological polar surface area (TPSA) is 94.3 Å². The van der Waals surface area contributed by atoms with Gasteiger partial charge in [-0.25, -0.2) is 4.98 Å². The number of oxazole rings is 1. The van der Waals surface area contributed by atoms with Crippen LogP contribution in [0.4, 0.5) is 5.69 Å². The highest BCUT2D eigenvalue weighted by Gasteiger charge is 2.23. The standard InChI is InChI=1S/C25H35N5O4/c31-22(16-30-10-12-33-13-11-30)15-28-6-8-29(9-7-28)17-24-27-23(18-34-24)25(32)26-21-5-4-19-2-1-3-20(19)14-21/h4-5,14,18,22,31H,1-3,6-13,15-17H2,(H,26,32)/t22-/m1/s1. The van der Waals surface area contributed by atoms with Gasteiger partial charge in [-0.1, -0.05) is 6.07 Å². The van der Waals surface area contributed by atoms with Crippen LogP contribution >= 0.6 is 0 Å². The van der Waals surface area contributed by atoms with Crippen LogP contribution < -0.4 is 5.32 Å². The van der Waals surface area contributed by atoms with E-state index in [1.165, 1.54) is 23.8 Å². The number of aliphatic hydroxyl groups is 1. The molecule has 3 aliphatic rings. The van der Waals surface area contributed by atoms with E-state index in [0.29, 0.717) is 31.2 Å². The quantitative estimate of drug-likeness (QED) is 0.596. The van der Waals surface area contributed by atoms with Gasteiger partial charge >= 0.3 is 0 Å². The molecule has 9 nitrogen and oxygen atoms in total. The molecule has 0 saturated carbocycles. The summed E-state index contributed by atoms with van der Waals surface area (Å²) in [6, 6.07) is 6.13. The summed E-state index contributed by atoms with van der Waals surface area (Å²) in [6.07, 6.45) is 4.48. The summed E-state index contributed by atoms with van der Waals surface area (Å²) in [4.78, 5) is 23.9. The van der Waals surface area contributed by atoms with Crippen molar-refractivity contribution in [3.8, 4) is 0 Å². The largest absolute Gasteiger partial charge is 0.447 e. The molecule has 0 spiro atoms. The summed E-state index contributed by atoms with van der Waals surface area (Å²) in [5, 5.41) is 13.4. The fraction of sp³-hybridized carbons (Fsp3) is 0.600. The first-order valence-electron chi connectivity index (χ1n) is 12.4. The molecular weight excluding hydrogens is 434 g/mol. The van der Waals surface area contributed by atoms with Gasteiger partial charge in [0.2, 0.25) is 5.89 Å². The number of aliphatic hydroxyl groups excluding tert-OH is 1. The van der Waals surface area contributed by atoms with Gasteiger partial charge in [0.15, 0.2) is 5.69 Å². The highest BCUT2D eigenvalue weighted by atomic mass is 16.5. The van der Waals surface area contributed by atoms with E-state index in [1.807, 2.05) is 6.07 Å². The van der Waals surface area contributed by atoms with E-state index in [4.69, 9.17) is 9.15 Å². The Morgan fingerprint density at radius 3 is 2.50 bits per heavy atom. The fourth-order valence-corrected chi connectivity index (χ4v) is 5.09. The van der Waals surface area contributed by atoms with Gasteiger partial charge in [-0.3, -0.25) is 19.5 Å². The van der Waals surface area contributed by atoms with Crippen LogP contribution in [0, 0.1) is 0 Å². The third-order valence-corrected chi connectivity index (χ3v) is 7.01. The minimum absolute atomic E-state index is 0.243. The summed E-state index contributed by atoms with van der Waals surface area (Å²) in [7, 11) is 0. The first-order valence-corrected chi connectivity index (χ1v) is 12.4. The van der Waals surface area contributed by atoms with Crippen molar-refractivity contribution in [3.63, 3.8) is 0 Å². The number of nitrogens with zero attached hydrogens (tertiary/aromatic N) is 4. The predicted octanol–water partition coefficient (Wildman–Crippen LogP) is 1.23. The van der Waals surface area contributed by atoms with E-state index in [2.05, 4.69) is 37.1 Å². The molecule has 9 heteroatoms. The molecule has 0 radical (unpaired) electrons. The van der Waals surface area contributed by atoms with Crippen molar-refractivity contribution < 1.29 is 19.1 Å². The monoisotopic (exact) mass is 469 g/mol. The second-order valence-corrected chi connectivity index (χ2v) is 9.56. The van der Waals surface area contributed by atoms with Crippen molar-refractivity contribution >= 4 is 11.6 Å². The fourth-order valence-electron chi connectivity index (χ4n) is 5.09. The third-order valence-electron chi connectivity index (χ3n) is 7.01. The molecule has 184 valence electrons. The molecule has 1 atom stereocenters. The van der Waals surface area contributed by atoms with Crippen LogP contribution in [0.15, 0.2) is 28.9 Å². The van der Waals surface area contributed by atoms with E-state index < -0.39 is 0 Å². The van der Waals surface area contributed by atoms with Gasteiger partial charge in [0.1, 0.15) is 6.26 Å². The Hall–Kier alpha value is -2.30. The van der Waals surface area contributed by atoms with Gasteiger partial charge in [0.05, 0.1) is 25.9 Å². The maximum Gasteiger partial charge on any atom is 0.277 e. The van der Waals surface area contributed by atoms with Crippen LogP contribution in [-0.2, 0) is 24.1 Å². The minimum Gasteiger partial charge on any atom is -0.447 e. The average Bonchev–Trinajstić information content (AvgIpc) is 3.50. The van der Waals surface area contributed by atoms with Gasteiger partial charge in [0.25, 0.3) is 5.91 Å². The number of anilines is 1. The number of fused-ring (bicyclic) bond motifs is 1. The molecule has 3 heterocycles. The third kappa shape index (κ3) is 6.03. The van der Waals surface area contributed by atoms with Crippen molar-refractivity contribution in [2.24, 2.45) is 0 Å². The minimum atomic E-state index is -0.344. The molecule has 2 saturated heterocycles. The summed E-state index contributed by atoms with van der Waals surface area (Å²) >= 11 is 0. The first-order chi connectivity index (χ1) is 16.6. The highest BCUT2D eigenvalue weighted by Crippen LogP contribution is 2.25. The smallest absolute Gasteiger partial charge is 0.277 e. The lowest BCUT2D eigenvalue weighted by molar-refractivity contribution is 0.00187. The second kappa shape index (κ2) is 11.0. The van der Waals surface area contributed by atoms with E-state index in [0.717, 1.165) is 71.0 Å². The number of carbonyl (C=O) groups is 1. The number of aromatic nitrogens is 1. The van der Waals surface area contributed by atoms with E-state index >= 15 is 0 Å². The molecule has 1 aromatic heterocycles. The Morgan fingerprint density at radius 2 is 1.71 bits per heavy atom. The van der Waals surface area contributed by atoms with Crippen molar-refractivity contribution in [2.75, 3.05) is 70.9 Å². The highest BCUT2D eigenvalue weighted by molar-refractivity contribution is 6.02. The molecule has 0 bridgehead atoms. The number of carbonyl (C=O) groups excluding carboxylic acids is 1. The maximum absolute atomic E-state index is 12.6. The lowest BCUT2D eigenvalue weighted by atomic mass is 10.1. The summed E-state index contributed by atoms with van der Waals surface area (Å²) in [5.41, 5.74) is 3.82. The van der Waals surface area contributed by atoms with Crippen molar-refractivity contribution in [1.82, 2.24) is 19.7 Å². The molecule has 1 amide bonds.